The van der Waals surface area contributed by atoms with E-state index >= 15 is 0 Å². The fourth-order valence-corrected chi connectivity index (χ4v) is 2.28. The Bertz CT molecular complexity index is 470. The Morgan fingerprint density at radius 1 is 1.38 bits per heavy atom. The van der Waals surface area contributed by atoms with Gasteiger partial charge in [-0.15, -0.1) is 0 Å². The Balaban J connectivity index is 2.44. The molecule has 1 aromatic carbocycles. The van der Waals surface area contributed by atoms with E-state index in [0.29, 0.717) is 0 Å². The van der Waals surface area contributed by atoms with E-state index in [0.717, 1.165) is 20.6 Å². The van der Waals surface area contributed by atoms with Crippen LogP contribution in [0, 0.1) is 0 Å². The number of benzene rings is 1. The van der Waals surface area contributed by atoms with E-state index in [1.54, 1.807) is 12.5 Å². The lowest BCUT2D eigenvalue weighted by atomic mass is 10.0. The summed E-state index contributed by atoms with van der Waals surface area (Å²) in [6.45, 7) is 0. The highest BCUT2D eigenvalue weighted by molar-refractivity contribution is 9.10. The molecule has 1 N–H and O–H groups in total. The van der Waals surface area contributed by atoms with Gasteiger partial charge < -0.3 is 9.73 Å². The van der Waals surface area contributed by atoms with Crippen LogP contribution < -0.4 is 5.32 Å². The van der Waals surface area contributed by atoms with Crippen molar-refractivity contribution in [1.82, 2.24) is 5.32 Å². The van der Waals surface area contributed by atoms with Crippen LogP contribution in [0.2, 0.25) is 5.02 Å². The van der Waals surface area contributed by atoms with Crippen molar-refractivity contribution >= 4 is 27.5 Å². The minimum Gasteiger partial charge on any atom is -0.472 e. The highest BCUT2D eigenvalue weighted by Crippen LogP contribution is 2.30. The zero-order valence-corrected chi connectivity index (χ0v) is 11.0. The summed E-state index contributed by atoms with van der Waals surface area (Å²) in [6.07, 6.45) is 3.38. The highest BCUT2D eigenvalue weighted by Gasteiger charge is 2.16. The number of hydrogen-bond acceptors (Lipinski definition) is 2. The van der Waals surface area contributed by atoms with Gasteiger partial charge in [-0.25, -0.2) is 0 Å². The van der Waals surface area contributed by atoms with Crippen molar-refractivity contribution in [2.24, 2.45) is 0 Å². The summed E-state index contributed by atoms with van der Waals surface area (Å²) in [5.74, 6) is 0. The lowest BCUT2D eigenvalue weighted by molar-refractivity contribution is 0.557. The fourth-order valence-electron chi connectivity index (χ4n) is 1.68. The van der Waals surface area contributed by atoms with E-state index in [9.17, 15) is 0 Å². The molecule has 2 aromatic rings. The second kappa shape index (κ2) is 5.04. The predicted octanol–water partition coefficient (Wildman–Crippen LogP) is 4.00. The summed E-state index contributed by atoms with van der Waals surface area (Å²) >= 11 is 9.64. The zero-order chi connectivity index (χ0) is 11.5. The quantitative estimate of drug-likeness (QED) is 0.926. The summed E-state index contributed by atoms with van der Waals surface area (Å²) in [7, 11) is 1.90. The summed E-state index contributed by atoms with van der Waals surface area (Å²) in [5.41, 5.74) is 2.09. The van der Waals surface area contributed by atoms with Crippen LogP contribution in [0.5, 0.6) is 0 Å². The topological polar surface area (TPSA) is 25.2 Å². The molecule has 4 heteroatoms. The molecule has 2 rings (SSSR count). The van der Waals surface area contributed by atoms with Crippen molar-refractivity contribution in [3.63, 3.8) is 0 Å². The lowest BCUT2D eigenvalue weighted by Gasteiger charge is -2.16. The smallest absolute Gasteiger partial charge is 0.0953 e. The second-order valence-corrected chi connectivity index (χ2v) is 4.77. The molecule has 84 valence electrons. The van der Waals surface area contributed by atoms with E-state index in [-0.39, 0.29) is 6.04 Å². The number of rotatable bonds is 3. The van der Waals surface area contributed by atoms with E-state index in [4.69, 9.17) is 16.0 Å². The first-order chi connectivity index (χ1) is 7.72. The van der Waals surface area contributed by atoms with Crippen LogP contribution in [0.25, 0.3) is 0 Å². The molecule has 0 aliphatic rings. The molecule has 0 saturated carbocycles. The number of hydrogen-bond donors (Lipinski definition) is 1. The molecule has 2 nitrogen and oxygen atoms in total. The molecule has 16 heavy (non-hydrogen) atoms. The second-order valence-electron chi connectivity index (χ2n) is 3.44. The largest absolute Gasteiger partial charge is 0.472 e. The van der Waals surface area contributed by atoms with Gasteiger partial charge in [0, 0.05) is 15.1 Å². The van der Waals surface area contributed by atoms with Gasteiger partial charge in [-0.05, 0) is 36.9 Å². The first-order valence-electron chi connectivity index (χ1n) is 4.86. The third kappa shape index (κ3) is 2.32. The van der Waals surface area contributed by atoms with E-state index in [1.165, 1.54) is 0 Å². The van der Waals surface area contributed by atoms with Crippen molar-refractivity contribution in [1.29, 1.82) is 0 Å². The molecule has 0 radical (unpaired) electrons. The van der Waals surface area contributed by atoms with Crippen molar-refractivity contribution in [3.8, 4) is 0 Å². The molecule has 1 atom stereocenters. The molecule has 0 fully saturated rings. The van der Waals surface area contributed by atoms with Crippen LogP contribution in [0.1, 0.15) is 17.2 Å². The van der Waals surface area contributed by atoms with Gasteiger partial charge in [0.15, 0.2) is 0 Å². The Hall–Kier alpha value is -0.770. The van der Waals surface area contributed by atoms with E-state index in [1.807, 2.05) is 31.3 Å². The molecule has 1 heterocycles. The normalized spacial score (nSPS) is 12.7. The van der Waals surface area contributed by atoms with Gasteiger partial charge in [-0.3, -0.25) is 0 Å². The van der Waals surface area contributed by atoms with Gasteiger partial charge in [-0.1, -0.05) is 27.5 Å². The number of nitrogens with one attached hydrogen (secondary N) is 1. The third-order valence-corrected chi connectivity index (χ3v) is 3.27. The van der Waals surface area contributed by atoms with E-state index in [2.05, 4.69) is 21.2 Å². The summed E-state index contributed by atoms with van der Waals surface area (Å²) in [4.78, 5) is 0. The molecule has 0 spiro atoms. The summed E-state index contributed by atoms with van der Waals surface area (Å²) < 4.78 is 6.10. The van der Waals surface area contributed by atoms with Gasteiger partial charge in [0.1, 0.15) is 0 Å². The Morgan fingerprint density at radius 3 is 2.81 bits per heavy atom. The molecule has 0 bridgehead atoms. The van der Waals surface area contributed by atoms with Crippen molar-refractivity contribution in [3.05, 3.63) is 57.4 Å². The molecule has 0 aliphatic carbocycles. The van der Waals surface area contributed by atoms with Crippen molar-refractivity contribution < 1.29 is 4.42 Å². The maximum Gasteiger partial charge on any atom is 0.0953 e. The van der Waals surface area contributed by atoms with Gasteiger partial charge in [0.2, 0.25) is 0 Å². The highest BCUT2D eigenvalue weighted by atomic mass is 79.9. The Morgan fingerprint density at radius 2 is 2.19 bits per heavy atom. The number of furan rings is 1. The van der Waals surface area contributed by atoms with Gasteiger partial charge in [-0.2, -0.15) is 0 Å². The average molecular weight is 301 g/mol. The van der Waals surface area contributed by atoms with Gasteiger partial charge >= 0.3 is 0 Å². The summed E-state index contributed by atoms with van der Waals surface area (Å²) in [5, 5.41) is 3.96. The molecule has 0 aliphatic heterocycles. The first kappa shape index (κ1) is 11.7. The molecule has 1 aromatic heterocycles. The Labute approximate surface area is 108 Å². The van der Waals surface area contributed by atoms with Crippen LogP contribution in [-0.2, 0) is 0 Å². The Kier molecular flexibility index (Phi) is 3.69. The fraction of sp³-hybridized carbons (Fsp3) is 0.167. The maximum atomic E-state index is 6.20. The molecule has 0 saturated heterocycles. The predicted molar refractivity (Wildman–Crippen MR) is 68.8 cm³/mol. The lowest BCUT2D eigenvalue weighted by Crippen LogP contribution is -2.17. The molecule has 0 amide bonds. The zero-order valence-electron chi connectivity index (χ0n) is 8.71. The molecule has 1 unspecified atom stereocenters. The van der Waals surface area contributed by atoms with Crippen LogP contribution in [0.4, 0.5) is 0 Å². The van der Waals surface area contributed by atoms with Gasteiger partial charge in [0.25, 0.3) is 0 Å². The van der Waals surface area contributed by atoms with Gasteiger partial charge in [0.05, 0.1) is 18.6 Å². The van der Waals surface area contributed by atoms with Crippen LogP contribution >= 0.6 is 27.5 Å². The first-order valence-corrected chi connectivity index (χ1v) is 6.04. The van der Waals surface area contributed by atoms with Crippen molar-refractivity contribution in [2.45, 2.75) is 6.04 Å². The minimum absolute atomic E-state index is 0.0451. The van der Waals surface area contributed by atoms with Crippen LogP contribution in [0.15, 0.2) is 45.7 Å². The van der Waals surface area contributed by atoms with Crippen LogP contribution in [0.3, 0.4) is 0 Å². The molecular weight excluding hydrogens is 289 g/mol. The average Bonchev–Trinajstić information content (AvgIpc) is 2.78. The third-order valence-electron chi connectivity index (χ3n) is 2.43. The summed E-state index contributed by atoms with van der Waals surface area (Å²) in [6, 6.07) is 7.79. The van der Waals surface area contributed by atoms with E-state index < -0.39 is 0 Å². The van der Waals surface area contributed by atoms with Crippen LogP contribution in [-0.4, -0.2) is 7.05 Å². The SMILES string of the molecule is CNC(c1ccoc1)c1cc(Br)ccc1Cl. The number of halogens is 2. The standard InChI is InChI=1S/C12H11BrClNO/c1-15-12(8-4-5-16-7-8)10-6-9(13)2-3-11(10)14/h2-7,12,15H,1H3. The van der Waals surface area contributed by atoms with Crippen molar-refractivity contribution in [2.75, 3.05) is 7.05 Å². The monoisotopic (exact) mass is 299 g/mol. The minimum atomic E-state index is 0.0451. The molecular formula is C12H11BrClNO. The maximum absolute atomic E-state index is 6.20.